The van der Waals surface area contributed by atoms with Gasteiger partial charge in [-0.05, 0) is 43.9 Å². The highest BCUT2D eigenvalue weighted by atomic mass is 15.2. The minimum absolute atomic E-state index is 0.589. The van der Waals surface area contributed by atoms with Crippen molar-refractivity contribution < 1.29 is 0 Å². The zero-order chi connectivity index (χ0) is 13.2. The lowest BCUT2D eigenvalue weighted by molar-refractivity contribution is 0.740. The largest absolute Gasteiger partial charge is 0.353 e. The Morgan fingerprint density at radius 3 is 2.79 bits per heavy atom. The molecule has 19 heavy (non-hydrogen) atoms. The standard InChI is InChI=1S/C16H21N3/c1-12-7-8-13(2)15(11-12)19-10-9-17-16(19)18-14-5-3-4-6-14/h7-11,14H,3-6H2,1-2H3,(H,17,18). The Morgan fingerprint density at radius 1 is 1.21 bits per heavy atom. The fourth-order valence-electron chi connectivity index (χ4n) is 2.84. The number of anilines is 1. The van der Waals surface area contributed by atoms with Gasteiger partial charge in [-0.3, -0.25) is 4.57 Å². The summed E-state index contributed by atoms with van der Waals surface area (Å²) in [5.41, 5.74) is 3.78. The van der Waals surface area contributed by atoms with Gasteiger partial charge in [0.2, 0.25) is 5.95 Å². The molecule has 1 aliphatic rings. The predicted octanol–water partition coefficient (Wildman–Crippen LogP) is 3.84. The number of benzene rings is 1. The number of nitrogens with zero attached hydrogens (tertiary/aromatic N) is 2. The molecule has 1 aromatic heterocycles. The number of aromatic nitrogens is 2. The van der Waals surface area contributed by atoms with Crippen molar-refractivity contribution in [2.75, 3.05) is 5.32 Å². The minimum Gasteiger partial charge on any atom is -0.353 e. The number of hydrogen-bond donors (Lipinski definition) is 1. The molecule has 0 saturated heterocycles. The Bertz CT molecular complexity index is 565. The molecule has 3 nitrogen and oxygen atoms in total. The van der Waals surface area contributed by atoms with Crippen LogP contribution in [0.1, 0.15) is 36.8 Å². The van der Waals surface area contributed by atoms with Crippen LogP contribution in [0.2, 0.25) is 0 Å². The second-order valence-corrected chi connectivity index (χ2v) is 5.54. The maximum absolute atomic E-state index is 4.48. The lowest BCUT2D eigenvalue weighted by Crippen LogP contribution is -2.17. The van der Waals surface area contributed by atoms with Crippen molar-refractivity contribution in [2.24, 2.45) is 0 Å². The van der Waals surface area contributed by atoms with Crippen molar-refractivity contribution >= 4 is 5.95 Å². The third-order valence-corrected chi connectivity index (χ3v) is 3.95. The number of hydrogen-bond acceptors (Lipinski definition) is 2. The molecule has 1 fully saturated rings. The second kappa shape index (κ2) is 5.08. The van der Waals surface area contributed by atoms with Crippen molar-refractivity contribution in [3.8, 4) is 5.69 Å². The maximum atomic E-state index is 4.48. The third-order valence-electron chi connectivity index (χ3n) is 3.95. The zero-order valence-electron chi connectivity index (χ0n) is 11.7. The fourth-order valence-corrected chi connectivity index (χ4v) is 2.84. The first-order valence-electron chi connectivity index (χ1n) is 7.11. The highest BCUT2D eigenvalue weighted by molar-refractivity contribution is 5.48. The molecule has 0 unspecified atom stereocenters. The van der Waals surface area contributed by atoms with Crippen molar-refractivity contribution in [1.29, 1.82) is 0 Å². The van der Waals surface area contributed by atoms with E-state index in [1.165, 1.54) is 42.5 Å². The summed E-state index contributed by atoms with van der Waals surface area (Å²) in [5, 5.41) is 3.59. The molecule has 0 radical (unpaired) electrons. The van der Waals surface area contributed by atoms with Crippen molar-refractivity contribution in [2.45, 2.75) is 45.6 Å². The van der Waals surface area contributed by atoms with E-state index in [0.717, 1.165) is 5.95 Å². The van der Waals surface area contributed by atoms with Gasteiger partial charge >= 0.3 is 0 Å². The highest BCUT2D eigenvalue weighted by Crippen LogP contribution is 2.24. The van der Waals surface area contributed by atoms with Crippen LogP contribution in [0.5, 0.6) is 0 Å². The SMILES string of the molecule is Cc1ccc(C)c(-n2ccnc2NC2CCCC2)c1. The lowest BCUT2D eigenvalue weighted by atomic mass is 10.1. The molecule has 1 aromatic carbocycles. The molecule has 3 heteroatoms. The molecule has 1 aliphatic carbocycles. The van der Waals surface area contributed by atoms with Gasteiger partial charge in [-0.15, -0.1) is 0 Å². The normalized spacial score (nSPS) is 15.9. The second-order valence-electron chi connectivity index (χ2n) is 5.54. The smallest absolute Gasteiger partial charge is 0.207 e. The highest BCUT2D eigenvalue weighted by Gasteiger charge is 2.17. The van der Waals surface area contributed by atoms with E-state index in [1.54, 1.807) is 0 Å². The molecule has 2 aromatic rings. The van der Waals surface area contributed by atoms with Crippen LogP contribution in [0.3, 0.4) is 0 Å². The lowest BCUT2D eigenvalue weighted by Gasteiger charge is -2.16. The van der Waals surface area contributed by atoms with Crippen molar-refractivity contribution in [3.05, 3.63) is 41.7 Å². The van der Waals surface area contributed by atoms with Crippen LogP contribution in [-0.2, 0) is 0 Å². The van der Waals surface area contributed by atoms with Crippen molar-refractivity contribution in [1.82, 2.24) is 9.55 Å². The predicted molar refractivity (Wildman–Crippen MR) is 78.9 cm³/mol. The van der Waals surface area contributed by atoms with Gasteiger partial charge in [-0.25, -0.2) is 4.98 Å². The third kappa shape index (κ3) is 2.50. The van der Waals surface area contributed by atoms with Crippen LogP contribution in [0.15, 0.2) is 30.6 Å². The summed E-state index contributed by atoms with van der Waals surface area (Å²) in [7, 11) is 0. The Kier molecular flexibility index (Phi) is 3.28. The quantitative estimate of drug-likeness (QED) is 0.903. The molecule has 3 rings (SSSR count). The van der Waals surface area contributed by atoms with Gasteiger partial charge in [0.1, 0.15) is 0 Å². The first kappa shape index (κ1) is 12.3. The van der Waals surface area contributed by atoms with E-state index in [1.807, 2.05) is 12.4 Å². The molecule has 0 spiro atoms. The van der Waals surface area contributed by atoms with E-state index in [-0.39, 0.29) is 0 Å². The maximum Gasteiger partial charge on any atom is 0.207 e. The average molecular weight is 255 g/mol. The molecule has 1 heterocycles. The molecule has 0 aliphatic heterocycles. The summed E-state index contributed by atoms with van der Waals surface area (Å²) in [6.07, 6.45) is 9.11. The molecular formula is C16H21N3. The van der Waals surface area contributed by atoms with Gasteiger partial charge in [-0.2, -0.15) is 0 Å². The van der Waals surface area contributed by atoms with Crippen LogP contribution in [0, 0.1) is 13.8 Å². The summed E-state index contributed by atoms with van der Waals surface area (Å²) in [6.45, 7) is 4.28. The summed E-state index contributed by atoms with van der Waals surface area (Å²) in [5.74, 6) is 0.973. The topological polar surface area (TPSA) is 29.9 Å². The first-order valence-corrected chi connectivity index (χ1v) is 7.11. The van der Waals surface area contributed by atoms with Gasteiger partial charge in [0, 0.05) is 18.4 Å². The van der Waals surface area contributed by atoms with Gasteiger partial charge in [-0.1, -0.05) is 25.0 Å². The van der Waals surface area contributed by atoms with E-state index < -0.39 is 0 Å². The van der Waals surface area contributed by atoms with E-state index >= 15 is 0 Å². The minimum atomic E-state index is 0.589. The average Bonchev–Trinajstić information content (AvgIpc) is 3.04. The molecular weight excluding hydrogens is 234 g/mol. The van der Waals surface area contributed by atoms with Gasteiger partial charge in [0.25, 0.3) is 0 Å². The van der Waals surface area contributed by atoms with E-state index in [2.05, 4.69) is 46.9 Å². The van der Waals surface area contributed by atoms with Gasteiger partial charge in [0.15, 0.2) is 0 Å². The van der Waals surface area contributed by atoms with Crippen LogP contribution in [0.4, 0.5) is 5.95 Å². The van der Waals surface area contributed by atoms with E-state index in [9.17, 15) is 0 Å². The van der Waals surface area contributed by atoms with E-state index in [0.29, 0.717) is 6.04 Å². The number of imidazole rings is 1. The van der Waals surface area contributed by atoms with Gasteiger partial charge in [0.05, 0.1) is 5.69 Å². The Hall–Kier alpha value is -1.77. The molecule has 0 amide bonds. The number of rotatable bonds is 3. The Morgan fingerprint density at radius 2 is 2.00 bits per heavy atom. The fraction of sp³-hybridized carbons (Fsp3) is 0.438. The van der Waals surface area contributed by atoms with Crippen molar-refractivity contribution in [3.63, 3.8) is 0 Å². The summed E-state index contributed by atoms with van der Waals surface area (Å²) in [4.78, 5) is 4.48. The molecule has 100 valence electrons. The Balaban J connectivity index is 1.92. The van der Waals surface area contributed by atoms with Crippen LogP contribution < -0.4 is 5.32 Å². The molecule has 0 bridgehead atoms. The van der Waals surface area contributed by atoms with Gasteiger partial charge < -0.3 is 5.32 Å². The first-order chi connectivity index (χ1) is 9.24. The van der Waals surface area contributed by atoms with E-state index in [4.69, 9.17) is 0 Å². The molecule has 1 saturated carbocycles. The molecule has 0 atom stereocenters. The monoisotopic (exact) mass is 255 g/mol. The van der Waals surface area contributed by atoms with Crippen LogP contribution in [0.25, 0.3) is 5.69 Å². The summed E-state index contributed by atoms with van der Waals surface area (Å²) in [6, 6.07) is 7.13. The number of aryl methyl sites for hydroxylation is 2. The zero-order valence-corrected chi connectivity index (χ0v) is 11.7. The van der Waals surface area contributed by atoms with Crippen LogP contribution >= 0.6 is 0 Å². The van der Waals surface area contributed by atoms with Crippen LogP contribution in [-0.4, -0.2) is 15.6 Å². The Labute approximate surface area is 114 Å². The molecule has 1 N–H and O–H groups in total. The summed E-state index contributed by atoms with van der Waals surface area (Å²) < 4.78 is 2.17. The summed E-state index contributed by atoms with van der Waals surface area (Å²) >= 11 is 0. The number of nitrogens with one attached hydrogen (secondary N) is 1.